The van der Waals surface area contributed by atoms with E-state index >= 15 is 0 Å². The minimum Gasteiger partial charge on any atom is -0.373 e. The minimum atomic E-state index is 0.641. The highest BCUT2D eigenvalue weighted by Crippen LogP contribution is 2.17. The van der Waals surface area contributed by atoms with Crippen molar-refractivity contribution in [2.45, 2.75) is 38.7 Å². The van der Waals surface area contributed by atoms with Crippen molar-refractivity contribution in [1.82, 2.24) is 0 Å². The molecule has 1 unspecified atom stereocenters. The highest BCUT2D eigenvalue weighted by atomic mass is 16.6. The Morgan fingerprint density at radius 2 is 2.33 bits per heavy atom. The van der Waals surface area contributed by atoms with Crippen molar-refractivity contribution in [3.8, 4) is 0 Å². The van der Waals surface area contributed by atoms with Crippen LogP contribution in [0.3, 0.4) is 0 Å². The standard InChI is InChI=1S/C8H15O/c1-2-3-4-5-6-8-7-9-8/h2,8H,3-7H2,1H3. The van der Waals surface area contributed by atoms with Gasteiger partial charge in [0.15, 0.2) is 0 Å². The van der Waals surface area contributed by atoms with Gasteiger partial charge in [-0.3, -0.25) is 0 Å². The second kappa shape index (κ2) is 3.89. The molecule has 1 nitrogen and oxygen atoms in total. The van der Waals surface area contributed by atoms with E-state index in [1.54, 1.807) is 0 Å². The summed E-state index contributed by atoms with van der Waals surface area (Å²) in [4.78, 5) is 0. The lowest BCUT2D eigenvalue weighted by Gasteiger charge is -1.93. The van der Waals surface area contributed by atoms with Crippen molar-refractivity contribution >= 4 is 0 Å². The lowest BCUT2D eigenvalue weighted by Crippen LogP contribution is -1.84. The summed E-state index contributed by atoms with van der Waals surface area (Å²) < 4.78 is 5.08. The molecule has 0 aromatic rings. The lowest BCUT2D eigenvalue weighted by molar-refractivity contribution is 0.389. The Kier molecular flexibility index (Phi) is 3.05. The molecule has 1 rings (SSSR count). The largest absolute Gasteiger partial charge is 0.373 e. The molecule has 0 bridgehead atoms. The molecule has 1 atom stereocenters. The van der Waals surface area contributed by atoms with Crippen LogP contribution in [0.2, 0.25) is 0 Å². The van der Waals surface area contributed by atoms with Crippen LogP contribution in [-0.4, -0.2) is 12.7 Å². The summed E-state index contributed by atoms with van der Waals surface area (Å²) in [5, 5.41) is 0. The van der Waals surface area contributed by atoms with E-state index in [-0.39, 0.29) is 0 Å². The fourth-order valence-corrected chi connectivity index (χ4v) is 0.955. The summed E-state index contributed by atoms with van der Waals surface area (Å²) in [6.07, 6.45) is 8.11. The Morgan fingerprint density at radius 1 is 1.56 bits per heavy atom. The Hall–Kier alpha value is -0.0400. The smallest absolute Gasteiger partial charge is 0.0810 e. The minimum absolute atomic E-state index is 0.641. The van der Waals surface area contributed by atoms with Crippen LogP contribution in [0.1, 0.15) is 32.6 Å². The van der Waals surface area contributed by atoms with Gasteiger partial charge in [0, 0.05) is 0 Å². The van der Waals surface area contributed by atoms with E-state index in [4.69, 9.17) is 4.74 Å². The van der Waals surface area contributed by atoms with Gasteiger partial charge >= 0.3 is 0 Å². The zero-order valence-corrected chi connectivity index (χ0v) is 6.10. The average molecular weight is 127 g/mol. The van der Waals surface area contributed by atoms with E-state index in [1.165, 1.54) is 25.7 Å². The molecule has 1 heteroatoms. The van der Waals surface area contributed by atoms with Gasteiger partial charge in [0.2, 0.25) is 0 Å². The molecule has 9 heavy (non-hydrogen) atoms. The van der Waals surface area contributed by atoms with Crippen molar-refractivity contribution in [1.29, 1.82) is 0 Å². The van der Waals surface area contributed by atoms with Gasteiger partial charge in [-0.15, -0.1) is 0 Å². The van der Waals surface area contributed by atoms with Crippen LogP contribution in [0.4, 0.5) is 0 Å². The van der Waals surface area contributed by atoms with E-state index in [9.17, 15) is 0 Å². The van der Waals surface area contributed by atoms with Gasteiger partial charge in [-0.1, -0.05) is 26.2 Å². The lowest BCUT2D eigenvalue weighted by atomic mass is 10.1. The fourth-order valence-electron chi connectivity index (χ4n) is 0.955. The van der Waals surface area contributed by atoms with E-state index in [0.717, 1.165) is 6.61 Å². The molecule has 53 valence electrons. The van der Waals surface area contributed by atoms with Crippen LogP contribution >= 0.6 is 0 Å². The summed E-state index contributed by atoms with van der Waals surface area (Å²) in [5.74, 6) is 0. The first-order chi connectivity index (χ1) is 4.43. The SMILES string of the molecule is C[CH]CCCCC1CO1. The van der Waals surface area contributed by atoms with Gasteiger partial charge in [0.1, 0.15) is 0 Å². The third kappa shape index (κ3) is 3.52. The predicted octanol–water partition coefficient (Wildman–Crippen LogP) is 2.17. The van der Waals surface area contributed by atoms with Gasteiger partial charge in [0.05, 0.1) is 12.7 Å². The third-order valence-electron chi connectivity index (χ3n) is 1.67. The predicted molar refractivity (Wildman–Crippen MR) is 38.2 cm³/mol. The highest BCUT2D eigenvalue weighted by Gasteiger charge is 2.20. The monoisotopic (exact) mass is 127 g/mol. The summed E-state index contributed by atoms with van der Waals surface area (Å²) in [6.45, 7) is 3.14. The number of hydrogen-bond acceptors (Lipinski definition) is 1. The molecule has 1 saturated heterocycles. The van der Waals surface area contributed by atoms with Gasteiger partial charge in [0.25, 0.3) is 0 Å². The second-order valence-corrected chi connectivity index (χ2v) is 2.65. The summed E-state index contributed by atoms with van der Waals surface area (Å²) >= 11 is 0. The molecule has 0 aromatic carbocycles. The van der Waals surface area contributed by atoms with E-state index < -0.39 is 0 Å². The highest BCUT2D eigenvalue weighted by molar-refractivity contribution is 4.68. The Balaban J connectivity index is 1.71. The molecular weight excluding hydrogens is 112 g/mol. The van der Waals surface area contributed by atoms with Crippen LogP contribution in [0.5, 0.6) is 0 Å². The average Bonchev–Trinajstić information content (AvgIpc) is 2.63. The molecule has 0 saturated carbocycles. The molecule has 0 N–H and O–H groups in total. The van der Waals surface area contributed by atoms with Gasteiger partial charge in [-0.25, -0.2) is 0 Å². The maximum Gasteiger partial charge on any atom is 0.0810 e. The molecular formula is C8H15O. The van der Waals surface area contributed by atoms with Crippen molar-refractivity contribution in [3.63, 3.8) is 0 Å². The molecule has 0 spiro atoms. The molecule has 0 aliphatic carbocycles. The zero-order chi connectivity index (χ0) is 6.53. The second-order valence-electron chi connectivity index (χ2n) is 2.65. The molecule has 1 radical (unpaired) electrons. The number of ether oxygens (including phenoxy) is 1. The Morgan fingerprint density at radius 3 is 2.89 bits per heavy atom. The molecule has 0 aromatic heterocycles. The van der Waals surface area contributed by atoms with E-state index in [1.807, 2.05) is 0 Å². The van der Waals surface area contributed by atoms with E-state index in [0.29, 0.717) is 6.10 Å². The van der Waals surface area contributed by atoms with Crippen molar-refractivity contribution < 1.29 is 4.74 Å². The van der Waals surface area contributed by atoms with Crippen LogP contribution in [0, 0.1) is 6.42 Å². The van der Waals surface area contributed by atoms with Crippen molar-refractivity contribution in [3.05, 3.63) is 6.42 Å². The molecule has 1 aliphatic heterocycles. The summed E-state index contributed by atoms with van der Waals surface area (Å²) in [5.41, 5.74) is 0. The maximum atomic E-state index is 5.08. The Bertz CT molecular complexity index is 67.0. The first-order valence-corrected chi connectivity index (χ1v) is 3.83. The van der Waals surface area contributed by atoms with Crippen LogP contribution in [0.15, 0.2) is 0 Å². The molecule has 1 aliphatic rings. The summed E-state index contributed by atoms with van der Waals surface area (Å²) in [6, 6.07) is 0. The Labute approximate surface area is 57.4 Å². The molecule has 0 amide bonds. The zero-order valence-electron chi connectivity index (χ0n) is 6.10. The van der Waals surface area contributed by atoms with Gasteiger partial charge in [-0.05, 0) is 12.8 Å². The van der Waals surface area contributed by atoms with E-state index in [2.05, 4.69) is 13.3 Å². The molecule has 1 heterocycles. The van der Waals surface area contributed by atoms with Crippen LogP contribution in [-0.2, 0) is 4.74 Å². The number of unbranched alkanes of at least 4 members (excludes halogenated alkanes) is 3. The topological polar surface area (TPSA) is 12.5 Å². The number of epoxide rings is 1. The first-order valence-electron chi connectivity index (χ1n) is 3.83. The normalized spacial score (nSPS) is 24.3. The van der Waals surface area contributed by atoms with Crippen molar-refractivity contribution in [2.75, 3.05) is 6.61 Å². The van der Waals surface area contributed by atoms with Crippen molar-refractivity contribution in [2.24, 2.45) is 0 Å². The fraction of sp³-hybridized carbons (Fsp3) is 0.875. The number of hydrogen-bond donors (Lipinski definition) is 0. The molecule has 1 fully saturated rings. The van der Waals surface area contributed by atoms with Crippen LogP contribution in [0.25, 0.3) is 0 Å². The first kappa shape index (κ1) is 7.07. The maximum absolute atomic E-state index is 5.08. The number of rotatable bonds is 5. The van der Waals surface area contributed by atoms with Gasteiger partial charge < -0.3 is 4.74 Å². The van der Waals surface area contributed by atoms with Crippen LogP contribution < -0.4 is 0 Å². The summed E-state index contributed by atoms with van der Waals surface area (Å²) in [7, 11) is 0. The quantitative estimate of drug-likeness (QED) is 0.407. The van der Waals surface area contributed by atoms with Gasteiger partial charge in [-0.2, -0.15) is 0 Å². The third-order valence-corrected chi connectivity index (χ3v) is 1.67.